The Balaban J connectivity index is 2.87. The third-order valence-corrected chi connectivity index (χ3v) is 3.16. The molecule has 0 bridgehead atoms. The third kappa shape index (κ3) is 4.51. The van der Waals surface area contributed by atoms with Gasteiger partial charge in [-0.05, 0) is 18.4 Å². The highest BCUT2D eigenvalue weighted by atomic mass is 35.5. The zero-order chi connectivity index (χ0) is 15.3. The SMILES string of the molecule is CC(C)C[C@@H](N)C(=O)N[C@@H](C(=O)O)c1ccccc1Cl. The first-order valence-electron chi connectivity index (χ1n) is 6.36. The van der Waals surface area contributed by atoms with E-state index < -0.39 is 24.0 Å². The number of nitrogens with one attached hydrogen (secondary N) is 1. The Morgan fingerprint density at radius 3 is 2.45 bits per heavy atom. The zero-order valence-corrected chi connectivity index (χ0v) is 12.2. The topological polar surface area (TPSA) is 92.4 Å². The highest BCUT2D eigenvalue weighted by molar-refractivity contribution is 6.31. The van der Waals surface area contributed by atoms with Gasteiger partial charge in [0.15, 0.2) is 6.04 Å². The van der Waals surface area contributed by atoms with Crippen molar-refractivity contribution in [2.24, 2.45) is 11.7 Å². The average molecular weight is 299 g/mol. The predicted molar refractivity (Wildman–Crippen MR) is 77.4 cm³/mol. The number of halogens is 1. The van der Waals surface area contributed by atoms with Gasteiger partial charge in [0.1, 0.15) is 0 Å². The Kier molecular flexibility index (Phi) is 5.98. The smallest absolute Gasteiger partial charge is 0.330 e. The molecule has 0 unspecified atom stereocenters. The number of benzene rings is 1. The fraction of sp³-hybridized carbons (Fsp3) is 0.429. The first kappa shape index (κ1) is 16.5. The van der Waals surface area contributed by atoms with Crippen LogP contribution in [0.5, 0.6) is 0 Å². The summed E-state index contributed by atoms with van der Waals surface area (Å²) in [7, 11) is 0. The summed E-state index contributed by atoms with van der Waals surface area (Å²) < 4.78 is 0. The summed E-state index contributed by atoms with van der Waals surface area (Å²) in [5.74, 6) is -1.42. The van der Waals surface area contributed by atoms with E-state index in [1.54, 1.807) is 24.3 Å². The lowest BCUT2D eigenvalue weighted by Gasteiger charge is -2.19. The average Bonchev–Trinajstić information content (AvgIpc) is 2.35. The first-order chi connectivity index (χ1) is 9.32. The van der Waals surface area contributed by atoms with Crippen LogP contribution in [0.4, 0.5) is 0 Å². The van der Waals surface area contributed by atoms with Crippen LogP contribution < -0.4 is 11.1 Å². The molecule has 20 heavy (non-hydrogen) atoms. The van der Waals surface area contributed by atoms with Crippen LogP contribution in [0.1, 0.15) is 31.9 Å². The number of hydrogen-bond acceptors (Lipinski definition) is 3. The van der Waals surface area contributed by atoms with Crippen molar-refractivity contribution in [3.05, 3.63) is 34.9 Å². The van der Waals surface area contributed by atoms with E-state index in [4.69, 9.17) is 17.3 Å². The lowest BCUT2D eigenvalue weighted by molar-refractivity contribution is -0.142. The number of carbonyl (C=O) groups is 2. The molecule has 0 aromatic heterocycles. The van der Waals surface area contributed by atoms with Crippen molar-refractivity contribution in [1.29, 1.82) is 0 Å². The number of rotatable bonds is 6. The molecule has 0 spiro atoms. The Labute approximate surface area is 123 Å². The van der Waals surface area contributed by atoms with Crippen LogP contribution >= 0.6 is 11.6 Å². The molecule has 1 rings (SSSR count). The molecular formula is C14H19ClN2O3. The largest absolute Gasteiger partial charge is 0.479 e. The minimum absolute atomic E-state index is 0.249. The second-order valence-electron chi connectivity index (χ2n) is 5.04. The van der Waals surface area contributed by atoms with E-state index in [9.17, 15) is 14.7 Å². The van der Waals surface area contributed by atoms with E-state index in [0.717, 1.165) is 0 Å². The Hall–Kier alpha value is -1.59. The second kappa shape index (κ2) is 7.26. The van der Waals surface area contributed by atoms with Crippen molar-refractivity contribution in [2.75, 3.05) is 0 Å². The van der Waals surface area contributed by atoms with Gasteiger partial charge in [0.2, 0.25) is 5.91 Å². The van der Waals surface area contributed by atoms with Crippen LogP contribution in [0.3, 0.4) is 0 Å². The first-order valence-corrected chi connectivity index (χ1v) is 6.74. The van der Waals surface area contributed by atoms with Gasteiger partial charge in [-0.2, -0.15) is 0 Å². The van der Waals surface area contributed by atoms with Crippen LogP contribution in [0, 0.1) is 5.92 Å². The minimum Gasteiger partial charge on any atom is -0.479 e. The standard InChI is InChI=1S/C14H19ClN2O3/c1-8(2)7-11(16)13(18)17-12(14(19)20)9-5-3-4-6-10(9)15/h3-6,8,11-12H,7,16H2,1-2H3,(H,17,18)(H,19,20)/t11-,12-/m1/s1. The van der Waals surface area contributed by atoms with Crippen molar-refractivity contribution in [3.63, 3.8) is 0 Å². The molecule has 0 aliphatic carbocycles. The highest BCUT2D eigenvalue weighted by Crippen LogP contribution is 2.23. The summed E-state index contributed by atoms with van der Waals surface area (Å²) in [6.07, 6.45) is 0.487. The van der Waals surface area contributed by atoms with Crippen LogP contribution in [0.2, 0.25) is 5.02 Å². The number of carboxylic acids is 1. The number of carbonyl (C=O) groups excluding carboxylic acids is 1. The highest BCUT2D eigenvalue weighted by Gasteiger charge is 2.26. The van der Waals surface area contributed by atoms with Gasteiger partial charge >= 0.3 is 5.97 Å². The molecule has 1 amide bonds. The van der Waals surface area contributed by atoms with E-state index in [-0.39, 0.29) is 10.9 Å². The molecule has 1 aromatic rings. The maximum atomic E-state index is 11.9. The molecule has 0 aliphatic heterocycles. The Bertz CT molecular complexity index is 491. The Morgan fingerprint density at radius 2 is 1.95 bits per heavy atom. The molecule has 0 heterocycles. The quantitative estimate of drug-likeness (QED) is 0.748. The van der Waals surface area contributed by atoms with Crippen LogP contribution in [0.25, 0.3) is 0 Å². The molecule has 0 saturated heterocycles. The summed E-state index contributed by atoms with van der Waals surface area (Å²) in [5, 5.41) is 12.0. The lowest BCUT2D eigenvalue weighted by atomic mass is 10.0. The van der Waals surface area contributed by atoms with Crippen molar-refractivity contribution in [1.82, 2.24) is 5.32 Å². The second-order valence-corrected chi connectivity index (χ2v) is 5.44. The van der Waals surface area contributed by atoms with Gasteiger partial charge in [-0.3, -0.25) is 4.79 Å². The fourth-order valence-corrected chi connectivity index (χ4v) is 2.09. The molecule has 6 heteroatoms. The number of carboxylic acid groups (broad SMARTS) is 1. The van der Waals surface area contributed by atoms with Crippen LogP contribution in [-0.4, -0.2) is 23.0 Å². The number of hydrogen-bond donors (Lipinski definition) is 3. The molecule has 2 atom stereocenters. The summed E-state index contributed by atoms with van der Waals surface area (Å²) >= 11 is 5.96. The molecule has 0 saturated carbocycles. The molecule has 4 N–H and O–H groups in total. The van der Waals surface area contributed by atoms with Gasteiger partial charge in [0.05, 0.1) is 6.04 Å². The van der Waals surface area contributed by atoms with Gasteiger partial charge < -0.3 is 16.2 Å². The number of nitrogens with two attached hydrogens (primary N) is 1. The van der Waals surface area contributed by atoms with Gasteiger partial charge in [-0.25, -0.2) is 4.79 Å². The van der Waals surface area contributed by atoms with Crippen LogP contribution in [-0.2, 0) is 9.59 Å². The van der Waals surface area contributed by atoms with Gasteiger partial charge in [-0.1, -0.05) is 43.6 Å². The third-order valence-electron chi connectivity index (χ3n) is 2.81. The van der Waals surface area contributed by atoms with Gasteiger partial charge in [-0.15, -0.1) is 0 Å². The minimum atomic E-state index is -1.20. The van der Waals surface area contributed by atoms with E-state index in [2.05, 4.69) is 5.32 Å². The molecular weight excluding hydrogens is 280 g/mol. The van der Waals surface area contributed by atoms with Crippen molar-refractivity contribution in [2.45, 2.75) is 32.4 Å². The Morgan fingerprint density at radius 1 is 1.35 bits per heavy atom. The summed E-state index contributed by atoms with van der Waals surface area (Å²) in [5.41, 5.74) is 6.08. The van der Waals surface area contributed by atoms with E-state index in [0.29, 0.717) is 12.0 Å². The molecule has 5 nitrogen and oxygen atoms in total. The number of amides is 1. The fourth-order valence-electron chi connectivity index (χ4n) is 1.85. The maximum absolute atomic E-state index is 11.9. The van der Waals surface area contributed by atoms with Gasteiger partial charge in [0, 0.05) is 10.6 Å². The zero-order valence-electron chi connectivity index (χ0n) is 11.5. The summed E-state index contributed by atoms with van der Waals surface area (Å²) in [6.45, 7) is 3.88. The van der Waals surface area contributed by atoms with Crippen molar-refractivity contribution >= 4 is 23.5 Å². The monoisotopic (exact) mass is 298 g/mol. The normalized spacial score (nSPS) is 13.8. The molecule has 0 aliphatic rings. The molecule has 110 valence electrons. The number of aliphatic carboxylic acids is 1. The van der Waals surface area contributed by atoms with E-state index in [1.165, 1.54) is 0 Å². The lowest BCUT2D eigenvalue weighted by Crippen LogP contribution is -2.44. The van der Waals surface area contributed by atoms with Crippen molar-refractivity contribution < 1.29 is 14.7 Å². The molecule has 0 fully saturated rings. The van der Waals surface area contributed by atoms with Gasteiger partial charge in [0.25, 0.3) is 0 Å². The van der Waals surface area contributed by atoms with Crippen molar-refractivity contribution in [3.8, 4) is 0 Å². The van der Waals surface area contributed by atoms with Crippen LogP contribution in [0.15, 0.2) is 24.3 Å². The maximum Gasteiger partial charge on any atom is 0.330 e. The van der Waals surface area contributed by atoms with E-state index in [1.807, 2.05) is 13.8 Å². The van der Waals surface area contributed by atoms with E-state index >= 15 is 0 Å². The molecule has 0 radical (unpaired) electrons. The summed E-state index contributed by atoms with van der Waals surface area (Å²) in [4.78, 5) is 23.3. The summed E-state index contributed by atoms with van der Waals surface area (Å²) in [6, 6.07) is 4.56. The molecule has 1 aromatic carbocycles. The predicted octanol–water partition coefficient (Wildman–Crippen LogP) is 1.96.